The van der Waals surface area contributed by atoms with Gasteiger partial charge in [0.25, 0.3) is 0 Å². The summed E-state index contributed by atoms with van der Waals surface area (Å²) in [5.74, 6) is 0.366. The van der Waals surface area contributed by atoms with E-state index in [1.165, 1.54) is 0 Å². The number of nitrogens with zero attached hydrogens (tertiary/aromatic N) is 2. The van der Waals surface area contributed by atoms with Crippen molar-refractivity contribution in [1.29, 1.82) is 5.26 Å². The molecule has 2 rings (SSSR count). The number of hydrogen-bond acceptors (Lipinski definition) is 6. The molecular weight excluding hydrogens is 262 g/mol. The molecule has 0 aromatic heterocycles. The molecular formula is C13H13N3O2S. The van der Waals surface area contributed by atoms with Crippen LogP contribution in [0, 0.1) is 11.3 Å². The van der Waals surface area contributed by atoms with Crippen LogP contribution < -0.4 is 10.5 Å². The van der Waals surface area contributed by atoms with E-state index in [9.17, 15) is 0 Å². The molecule has 1 atom stereocenters. The Morgan fingerprint density at radius 3 is 2.68 bits per heavy atom. The number of allylic oxidation sites excluding steroid dienone is 1. The fourth-order valence-corrected chi connectivity index (χ4v) is 2.83. The van der Waals surface area contributed by atoms with Crippen molar-refractivity contribution in [3.63, 3.8) is 0 Å². The average Bonchev–Trinajstić information content (AvgIpc) is 2.76. The topological polar surface area (TPSA) is 91.6 Å². The number of oxime groups is 1. The van der Waals surface area contributed by atoms with Crippen molar-refractivity contribution in [3.05, 3.63) is 40.4 Å². The van der Waals surface area contributed by atoms with E-state index in [2.05, 4.69) is 11.2 Å². The predicted octanol–water partition coefficient (Wildman–Crippen LogP) is 2.40. The van der Waals surface area contributed by atoms with Crippen LogP contribution >= 0.6 is 11.8 Å². The Hall–Kier alpha value is -2.13. The van der Waals surface area contributed by atoms with Crippen molar-refractivity contribution in [3.8, 4) is 11.8 Å². The van der Waals surface area contributed by atoms with Gasteiger partial charge >= 0.3 is 0 Å². The predicted molar refractivity (Wildman–Crippen MR) is 74.0 cm³/mol. The number of benzene rings is 1. The van der Waals surface area contributed by atoms with Crippen LogP contribution in [0.4, 0.5) is 0 Å². The van der Waals surface area contributed by atoms with E-state index in [0.717, 1.165) is 23.1 Å². The van der Waals surface area contributed by atoms with Crippen molar-refractivity contribution < 1.29 is 9.94 Å². The highest BCUT2D eigenvalue weighted by Crippen LogP contribution is 2.41. The van der Waals surface area contributed by atoms with E-state index in [-0.39, 0.29) is 0 Å². The van der Waals surface area contributed by atoms with Gasteiger partial charge in [0.15, 0.2) is 0 Å². The molecule has 0 bridgehead atoms. The number of ether oxygens (including phenoxy) is 1. The second-order valence-corrected chi connectivity index (χ2v) is 4.93. The Balaban J connectivity index is 2.36. The van der Waals surface area contributed by atoms with Gasteiger partial charge < -0.3 is 15.7 Å². The molecule has 1 aromatic carbocycles. The van der Waals surface area contributed by atoms with Crippen LogP contribution in [0.25, 0.3) is 0 Å². The summed E-state index contributed by atoms with van der Waals surface area (Å²) in [5.41, 5.74) is 7.03. The van der Waals surface area contributed by atoms with Crippen LogP contribution in [0.2, 0.25) is 0 Å². The molecule has 0 amide bonds. The maximum Gasteiger partial charge on any atom is 0.131 e. The molecule has 0 saturated heterocycles. The summed E-state index contributed by atoms with van der Waals surface area (Å²) >= 11 is 1.12. The van der Waals surface area contributed by atoms with Gasteiger partial charge in [0.05, 0.1) is 29.2 Å². The third-order valence-electron chi connectivity index (χ3n) is 2.76. The summed E-state index contributed by atoms with van der Waals surface area (Å²) in [7, 11) is 0. The summed E-state index contributed by atoms with van der Waals surface area (Å²) in [6, 6.07) is 9.41. The summed E-state index contributed by atoms with van der Waals surface area (Å²) in [6.45, 7) is 2.51. The van der Waals surface area contributed by atoms with Gasteiger partial charge in [0, 0.05) is 0 Å². The fourth-order valence-electron chi connectivity index (χ4n) is 1.92. The van der Waals surface area contributed by atoms with E-state index in [1.54, 1.807) is 0 Å². The van der Waals surface area contributed by atoms with Gasteiger partial charge in [-0.05, 0) is 24.6 Å². The normalized spacial score (nSPS) is 20.6. The lowest BCUT2D eigenvalue weighted by Gasteiger charge is -2.11. The first kappa shape index (κ1) is 13.3. The molecule has 0 spiro atoms. The average molecular weight is 275 g/mol. The highest BCUT2D eigenvalue weighted by molar-refractivity contribution is 8.17. The Labute approximate surface area is 115 Å². The molecule has 1 heterocycles. The Kier molecular flexibility index (Phi) is 3.97. The van der Waals surface area contributed by atoms with Gasteiger partial charge in [0.2, 0.25) is 0 Å². The first-order valence-corrected chi connectivity index (χ1v) is 6.55. The lowest BCUT2D eigenvalue weighted by atomic mass is 9.93. The van der Waals surface area contributed by atoms with E-state index in [4.69, 9.17) is 20.9 Å². The zero-order valence-corrected chi connectivity index (χ0v) is 11.1. The van der Waals surface area contributed by atoms with Crippen LogP contribution in [-0.4, -0.2) is 16.9 Å². The number of rotatable bonds is 3. The van der Waals surface area contributed by atoms with Gasteiger partial charge in [-0.25, -0.2) is 0 Å². The second kappa shape index (κ2) is 5.67. The van der Waals surface area contributed by atoms with Crippen LogP contribution in [0.1, 0.15) is 18.4 Å². The van der Waals surface area contributed by atoms with Crippen molar-refractivity contribution in [2.24, 2.45) is 10.9 Å². The number of thioether (sulfide) groups is 1. The highest BCUT2D eigenvalue weighted by Gasteiger charge is 2.33. The number of hydrogen-bond donors (Lipinski definition) is 2. The van der Waals surface area contributed by atoms with Crippen molar-refractivity contribution >= 4 is 16.8 Å². The van der Waals surface area contributed by atoms with Gasteiger partial charge in [-0.15, -0.1) is 0 Å². The minimum absolute atomic E-state index is 0.384. The lowest BCUT2D eigenvalue weighted by Crippen LogP contribution is -2.07. The molecule has 19 heavy (non-hydrogen) atoms. The molecule has 1 aliphatic heterocycles. The second-order valence-electron chi connectivity index (χ2n) is 3.87. The number of nitrogens with two attached hydrogens (primary N) is 1. The van der Waals surface area contributed by atoms with Crippen LogP contribution in [0.3, 0.4) is 0 Å². The van der Waals surface area contributed by atoms with Crippen LogP contribution in [-0.2, 0) is 0 Å². The molecule has 1 aliphatic rings. The van der Waals surface area contributed by atoms with Crippen molar-refractivity contribution in [1.82, 2.24) is 0 Å². The molecule has 0 unspecified atom stereocenters. The van der Waals surface area contributed by atoms with Crippen molar-refractivity contribution in [2.75, 3.05) is 6.61 Å². The summed E-state index contributed by atoms with van der Waals surface area (Å²) < 4.78 is 5.36. The third kappa shape index (κ3) is 2.51. The van der Waals surface area contributed by atoms with Crippen LogP contribution in [0.5, 0.6) is 5.75 Å². The highest BCUT2D eigenvalue weighted by atomic mass is 32.2. The molecule has 98 valence electrons. The summed E-state index contributed by atoms with van der Waals surface area (Å²) in [5, 5.41) is 22.2. The molecule has 6 heteroatoms. The first-order valence-electron chi connectivity index (χ1n) is 5.73. The molecule has 0 radical (unpaired) electrons. The minimum atomic E-state index is -0.393. The monoisotopic (exact) mass is 275 g/mol. The minimum Gasteiger partial charge on any atom is -0.494 e. The fraction of sp³-hybridized carbons (Fsp3) is 0.231. The van der Waals surface area contributed by atoms with Gasteiger partial charge in [0.1, 0.15) is 10.8 Å². The molecule has 0 aliphatic carbocycles. The van der Waals surface area contributed by atoms with E-state index in [1.807, 2.05) is 31.2 Å². The van der Waals surface area contributed by atoms with E-state index in [0.29, 0.717) is 22.3 Å². The van der Waals surface area contributed by atoms with Gasteiger partial charge in [-0.2, -0.15) is 5.26 Å². The van der Waals surface area contributed by atoms with Gasteiger partial charge in [-0.1, -0.05) is 29.1 Å². The summed E-state index contributed by atoms with van der Waals surface area (Å²) in [6.07, 6.45) is 0. The Morgan fingerprint density at radius 1 is 1.47 bits per heavy atom. The Morgan fingerprint density at radius 2 is 2.16 bits per heavy atom. The molecule has 5 nitrogen and oxygen atoms in total. The third-order valence-corrected chi connectivity index (χ3v) is 3.73. The van der Waals surface area contributed by atoms with E-state index < -0.39 is 5.92 Å². The molecule has 0 saturated carbocycles. The maximum absolute atomic E-state index is 9.16. The van der Waals surface area contributed by atoms with E-state index >= 15 is 0 Å². The molecule has 3 N–H and O–H groups in total. The van der Waals surface area contributed by atoms with Gasteiger partial charge in [-0.3, -0.25) is 0 Å². The SMILES string of the molecule is CCOc1ccc([C@@H]2C(C#N)=C(N)S/C2=N/O)cc1. The zero-order valence-electron chi connectivity index (χ0n) is 10.3. The summed E-state index contributed by atoms with van der Waals surface area (Å²) in [4.78, 5) is 0. The molecule has 1 aromatic rings. The first-order chi connectivity index (χ1) is 9.21. The lowest BCUT2D eigenvalue weighted by molar-refractivity contribution is 0.319. The maximum atomic E-state index is 9.16. The quantitative estimate of drug-likeness (QED) is 0.652. The molecule has 0 fully saturated rings. The van der Waals surface area contributed by atoms with Crippen molar-refractivity contribution in [2.45, 2.75) is 12.8 Å². The zero-order chi connectivity index (χ0) is 13.8. The largest absolute Gasteiger partial charge is 0.494 e. The number of nitriles is 1. The standard InChI is InChI=1S/C13H13N3O2S/c1-2-18-9-5-3-8(4-6-9)11-10(7-14)12(15)19-13(11)16-17/h3-6,11,17H,2,15H2,1H3/b16-13+/t11-/m1/s1. The van der Waals surface area contributed by atoms with Crippen LogP contribution in [0.15, 0.2) is 40.0 Å². The smallest absolute Gasteiger partial charge is 0.131 e. The Bertz CT molecular complexity index is 573.